The van der Waals surface area contributed by atoms with Crippen molar-refractivity contribution in [2.75, 3.05) is 0 Å². The number of hydrogen-bond acceptors (Lipinski definition) is 1. The minimum absolute atomic E-state index is 0.581. The van der Waals surface area contributed by atoms with Gasteiger partial charge in [0.05, 0.1) is 0 Å². The molecule has 20 heavy (non-hydrogen) atoms. The SMILES string of the molecule is Cc1ccccc1[C@@H](O)c1c(C)ccc2ccccc12. The van der Waals surface area contributed by atoms with Crippen LogP contribution in [0.1, 0.15) is 28.4 Å². The van der Waals surface area contributed by atoms with E-state index in [9.17, 15) is 5.11 Å². The summed E-state index contributed by atoms with van der Waals surface area (Å²) in [6.07, 6.45) is -0.581. The largest absolute Gasteiger partial charge is 0.384 e. The molecular weight excluding hydrogens is 244 g/mol. The molecule has 0 heterocycles. The number of hydrogen-bond donors (Lipinski definition) is 1. The lowest BCUT2D eigenvalue weighted by Crippen LogP contribution is -2.04. The van der Waals surface area contributed by atoms with Crippen molar-refractivity contribution >= 4 is 10.8 Å². The maximum atomic E-state index is 10.9. The predicted molar refractivity (Wildman–Crippen MR) is 83.9 cm³/mol. The molecule has 3 aromatic rings. The Kier molecular flexibility index (Phi) is 3.29. The van der Waals surface area contributed by atoms with Crippen molar-refractivity contribution in [1.82, 2.24) is 0 Å². The third-order valence-corrected chi connectivity index (χ3v) is 3.95. The molecule has 1 N–H and O–H groups in total. The highest BCUT2D eigenvalue weighted by Gasteiger charge is 2.17. The Morgan fingerprint density at radius 2 is 1.45 bits per heavy atom. The fourth-order valence-corrected chi connectivity index (χ4v) is 2.82. The van der Waals surface area contributed by atoms with Crippen molar-refractivity contribution in [2.24, 2.45) is 0 Å². The van der Waals surface area contributed by atoms with Gasteiger partial charge in [0, 0.05) is 0 Å². The molecule has 1 atom stereocenters. The first kappa shape index (κ1) is 12.9. The average molecular weight is 262 g/mol. The van der Waals surface area contributed by atoms with Crippen molar-refractivity contribution in [2.45, 2.75) is 20.0 Å². The van der Waals surface area contributed by atoms with Crippen LogP contribution in [-0.4, -0.2) is 5.11 Å². The zero-order chi connectivity index (χ0) is 14.1. The molecule has 0 saturated carbocycles. The van der Waals surface area contributed by atoms with Crippen molar-refractivity contribution in [3.63, 3.8) is 0 Å². The zero-order valence-electron chi connectivity index (χ0n) is 11.8. The fraction of sp³-hybridized carbons (Fsp3) is 0.158. The number of rotatable bonds is 2. The minimum atomic E-state index is -0.581. The zero-order valence-corrected chi connectivity index (χ0v) is 11.8. The Balaban J connectivity index is 2.24. The van der Waals surface area contributed by atoms with Gasteiger partial charge in [-0.1, -0.05) is 60.7 Å². The lowest BCUT2D eigenvalue weighted by atomic mass is 9.90. The topological polar surface area (TPSA) is 20.2 Å². The molecule has 0 saturated heterocycles. The van der Waals surface area contributed by atoms with Crippen molar-refractivity contribution in [1.29, 1.82) is 0 Å². The Morgan fingerprint density at radius 1 is 0.750 bits per heavy atom. The lowest BCUT2D eigenvalue weighted by Gasteiger charge is -2.18. The Morgan fingerprint density at radius 3 is 2.25 bits per heavy atom. The van der Waals surface area contributed by atoms with Gasteiger partial charge in [0.25, 0.3) is 0 Å². The smallest absolute Gasteiger partial charge is 0.105 e. The van der Waals surface area contributed by atoms with E-state index >= 15 is 0 Å². The number of fused-ring (bicyclic) bond motifs is 1. The van der Waals surface area contributed by atoms with Gasteiger partial charge >= 0.3 is 0 Å². The highest BCUT2D eigenvalue weighted by atomic mass is 16.3. The van der Waals surface area contributed by atoms with Gasteiger partial charge in [-0.15, -0.1) is 0 Å². The van der Waals surface area contributed by atoms with Gasteiger partial charge in [-0.3, -0.25) is 0 Å². The molecule has 0 bridgehead atoms. The maximum Gasteiger partial charge on any atom is 0.105 e. The van der Waals surface area contributed by atoms with E-state index in [0.717, 1.165) is 27.6 Å². The van der Waals surface area contributed by atoms with Crippen LogP contribution in [0.15, 0.2) is 60.7 Å². The second-order valence-electron chi connectivity index (χ2n) is 5.28. The molecule has 3 rings (SSSR count). The molecule has 0 aliphatic heterocycles. The molecule has 0 aliphatic carbocycles. The molecule has 0 radical (unpaired) electrons. The van der Waals surface area contributed by atoms with Gasteiger partial charge in [0.15, 0.2) is 0 Å². The van der Waals surface area contributed by atoms with E-state index in [-0.39, 0.29) is 0 Å². The summed E-state index contributed by atoms with van der Waals surface area (Å²) in [5, 5.41) is 13.1. The Labute approximate surface area is 119 Å². The summed E-state index contributed by atoms with van der Waals surface area (Å²) in [5.74, 6) is 0. The minimum Gasteiger partial charge on any atom is -0.384 e. The van der Waals surface area contributed by atoms with Crippen LogP contribution in [0.4, 0.5) is 0 Å². The van der Waals surface area contributed by atoms with Crippen LogP contribution in [0.2, 0.25) is 0 Å². The van der Waals surface area contributed by atoms with E-state index < -0.39 is 6.10 Å². The van der Waals surface area contributed by atoms with Crippen LogP contribution >= 0.6 is 0 Å². The molecule has 0 spiro atoms. The first-order valence-electron chi connectivity index (χ1n) is 6.90. The highest BCUT2D eigenvalue weighted by Crippen LogP contribution is 2.32. The number of benzene rings is 3. The average Bonchev–Trinajstić information content (AvgIpc) is 2.47. The van der Waals surface area contributed by atoms with E-state index in [0.29, 0.717) is 0 Å². The highest BCUT2D eigenvalue weighted by molar-refractivity contribution is 5.87. The van der Waals surface area contributed by atoms with Crippen LogP contribution in [0.3, 0.4) is 0 Å². The summed E-state index contributed by atoms with van der Waals surface area (Å²) >= 11 is 0. The first-order chi connectivity index (χ1) is 9.68. The molecule has 1 heteroatoms. The summed E-state index contributed by atoms with van der Waals surface area (Å²) in [4.78, 5) is 0. The van der Waals surface area contributed by atoms with Crippen molar-refractivity contribution in [3.8, 4) is 0 Å². The molecule has 1 nitrogen and oxygen atoms in total. The summed E-state index contributed by atoms with van der Waals surface area (Å²) in [6.45, 7) is 4.10. The van der Waals surface area contributed by atoms with Gasteiger partial charge < -0.3 is 5.11 Å². The van der Waals surface area contributed by atoms with Crippen LogP contribution in [0.5, 0.6) is 0 Å². The number of aliphatic hydroxyl groups is 1. The van der Waals surface area contributed by atoms with Crippen LogP contribution in [0, 0.1) is 13.8 Å². The predicted octanol–water partition coefficient (Wildman–Crippen LogP) is 4.54. The summed E-state index contributed by atoms with van der Waals surface area (Å²) in [5.41, 5.74) is 4.23. The molecular formula is C19H18O. The second-order valence-corrected chi connectivity index (χ2v) is 5.28. The third kappa shape index (κ3) is 2.10. The van der Waals surface area contributed by atoms with E-state index in [1.165, 1.54) is 5.39 Å². The van der Waals surface area contributed by atoms with Gasteiger partial charge in [-0.25, -0.2) is 0 Å². The van der Waals surface area contributed by atoms with Crippen molar-refractivity contribution < 1.29 is 5.11 Å². The van der Waals surface area contributed by atoms with Gasteiger partial charge in [0.1, 0.15) is 6.10 Å². The Hall–Kier alpha value is -2.12. The summed E-state index contributed by atoms with van der Waals surface area (Å²) < 4.78 is 0. The van der Waals surface area contributed by atoms with Gasteiger partial charge in [0.2, 0.25) is 0 Å². The summed E-state index contributed by atoms with van der Waals surface area (Å²) in [7, 11) is 0. The van der Waals surface area contributed by atoms with Crippen LogP contribution in [-0.2, 0) is 0 Å². The van der Waals surface area contributed by atoms with Crippen molar-refractivity contribution in [3.05, 3.63) is 82.9 Å². The third-order valence-electron chi connectivity index (χ3n) is 3.95. The van der Waals surface area contributed by atoms with Gasteiger partial charge in [-0.2, -0.15) is 0 Å². The van der Waals surface area contributed by atoms with Gasteiger partial charge in [-0.05, 0) is 46.9 Å². The van der Waals surface area contributed by atoms with E-state index in [1.807, 2.05) is 43.3 Å². The van der Waals surface area contributed by atoms with Crippen LogP contribution in [0.25, 0.3) is 10.8 Å². The van der Waals surface area contributed by atoms with E-state index in [4.69, 9.17) is 0 Å². The first-order valence-corrected chi connectivity index (χ1v) is 6.90. The molecule has 0 amide bonds. The molecule has 0 unspecified atom stereocenters. The quantitative estimate of drug-likeness (QED) is 0.719. The number of aryl methyl sites for hydroxylation is 2. The summed E-state index contributed by atoms with van der Waals surface area (Å²) in [6, 6.07) is 20.4. The molecule has 0 aromatic heterocycles. The van der Waals surface area contributed by atoms with Crippen LogP contribution < -0.4 is 0 Å². The van der Waals surface area contributed by atoms with E-state index in [2.05, 4.69) is 31.2 Å². The monoisotopic (exact) mass is 262 g/mol. The standard InChI is InChI=1S/C19H18O/c1-13-7-3-5-9-16(13)19(20)18-14(2)11-12-15-8-4-6-10-17(15)18/h3-12,19-20H,1-2H3/t19-/m1/s1. The molecule has 0 fully saturated rings. The van der Waals surface area contributed by atoms with E-state index in [1.54, 1.807) is 0 Å². The normalized spacial score (nSPS) is 12.6. The molecule has 100 valence electrons. The lowest BCUT2D eigenvalue weighted by molar-refractivity contribution is 0.220. The number of aliphatic hydroxyl groups excluding tert-OH is 1. The molecule has 0 aliphatic rings. The fourth-order valence-electron chi connectivity index (χ4n) is 2.82. The second kappa shape index (κ2) is 5.10. The Bertz CT molecular complexity index is 759. The molecule has 3 aromatic carbocycles. The maximum absolute atomic E-state index is 10.9.